The number of carboxylic acid groups (broad SMARTS) is 1. The van der Waals surface area contributed by atoms with Crippen LogP contribution in [0.3, 0.4) is 0 Å². The molecule has 0 bridgehead atoms. The van der Waals surface area contributed by atoms with Gasteiger partial charge in [-0.15, -0.1) is 0 Å². The van der Waals surface area contributed by atoms with Gasteiger partial charge in [0.25, 0.3) is 0 Å². The monoisotopic (exact) mass is 255 g/mol. The molecule has 1 atom stereocenters. The third kappa shape index (κ3) is 4.31. The molecule has 1 aliphatic carbocycles. The largest absolute Gasteiger partial charge is 0.480 e. The van der Waals surface area contributed by atoms with Crippen molar-refractivity contribution in [2.24, 2.45) is 11.3 Å². The standard InChI is InChI=1S/C14H25NO3/c1-14(2,3)11(13(17)18)15-12(16)10-8-6-4-5-7-9-10/h10-11H,4-9H2,1-3H3,(H,15,16)(H,17,18). The predicted octanol–water partition coefficient (Wildman–Crippen LogP) is 2.57. The fraction of sp³-hybridized carbons (Fsp3) is 0.857. The number of carboxylic acids is 1. The molecular weight excluding hydrogens is 230 g/mol. The Labute approximate surface area is 109 Å². The predicted molar refractivity (Wildman–Crippen MR) is 70.2 cm³/mol. The number of carbonyl (C=O) groups excluding carboxylic acids is 1. The zero-order chi connectivity index (χ0) is 13.8. The molecule has 1 saturated carbocycles. The molecule has 2 N–H and O–H groups in total. The van der Waals surface area contributed by atoms with Crippen LogP contribution in [0.15, 0.2) is 0 Å². The highest BCUT2D eigenvalue weighted by molar-refractivity contribution is 5.85. The van der Waals surface area contributed by atoms with Gasteiger partial charge in [-0.25, -0.2) is 4.79 Å². The molecule has 0 aliphatic heterocycles. The first kappa shape index (κ1) is 15.0. The highest BCUT2D eigenvalue weighted by atomic mass is 16.4. The number of aliphatic carboxylic acids is 1. The van der Waals surface area contributed by atoms with E-state index in [-0.39, 0.29) is 11.8 Å². The Morgan fingerprint density at radius 3 is 2.00 bits per heavy atom. The van der Waals surface area contributed by atoms with Gasteiger partial charge in [0.2, 0.25) is 5.91 Å². The van der Waals surface area contributed by atoms with Crippen molar-refractivity contribution >= 4 is 11.9 Å². The van der Waals surface area contributed by atoms with E-state index in [0.717, 1.165) is 25.7 Å². The summed E-state index contributed by atoms with van der Waals surface area (Å²) >= 11 is 0. The fourth-order valence-electron chi connectivity index (χ4n) is 2.45. The molecule has 0 radical (unpaired) electrons. The fourth-order valence-corrected chi connectivity index (χ4v) is 2.45. The Kier molecular flexibility index (Phi) is 5.17. The molecule has 0 aromatic heterocycles. The van der Waals surface area contributed by atoms with Crippen molar-refractivity contribution < 1.29 is 14.7 Å². The van der Waals surface area contributed by atoms with Crippen molar-refractivity contribution in [2.45, 2.75) is 65.3 Å². The van der Waals surface area contributed by atoms with Gasteiger partial charge in [-0.2, -0.15) is 0 Å². The van der Waals surface area contributed by atoms with E-state index in [1.165, 1.54) is 12.8 Å². The maximum Gasteiger partial charge on any atom is 0.326 e. The average molecular weight is 255 g/mol. The lowest BCUT2D eigenvalue weighted by Gasteiger charge is -2.29. The van der Waals surface area contributed by atoms with Crippen LogP contribution in [0, 0.1) is 11.3 Å². The van der Waals surface area contributed by atoms with Gasteiger partial charge in [0, 0.05) is 5.92 Å². The topological polar surface area (TPSA) is 66.4 Å². The van der Waals surface area contributed by atoms with Gasteiger partial charge in [-0.3, -0.25) is 4.79 Å². The van der Waals surface area contributed by atoms with Crippen LogP contribution in [0.4, 0.5) is 0 Å². The number of carbonyl (C=O) groups is 2. The van der Waals surface area contributed by atoms with Gasteiger partial charge in [-0.1, -0.05) is 46.5 Å². The summed E-state index contributed by atoms with van der Waals surface area (Å²) in [7, 11) is 0. The Morgan fingerprint density at radius 2 is 1.61 bits per heavy atom. The van der Waals surface area contributed by atoms with Crippen molar-refractivity contribution in [3.63, 3.8) is 0 Å². The molecular formula is C14H25NO3. The first-order chi connectivity index (χ1) is 8.32. The van der Waals surface area contributed by atoms with Crippen molar-refractivity contribution in [1.29, 1.82) is 0 Å². The van der Waals surface area contributed by atoms with E-state index in [9.17, 15) is 14.7 Å². The van der Waals surface area contributed by atoms with Crippen LogP contribution >= 0.6 is 0 Å². The first-order valence-corrected chi connectivity index (χ1v) is 6.85. The third-order valence-electron chi connectivity index (χ3n) is 3.63. The Hall–Kier alpha value is -1.06. The molecule has 0 aromatic carbocycles. The lowest BCUT2D eigenvalue weighted by molar-refractivity contribution is -0.145. The summed E-state index contributed by atoms with van der Waals surface area (Å²) in [6.45, 7) is 5.50. The molecule has 104 valence electrons. The lowest BCUT2D eigenvalue weighted by atomic mass is 9.86. The zero-order valence-electron chi connectivity index (χ0n) is 11.7. The zero-order valence-corrected chi connectivity index (χ0v) is 11.7. The molecule has 4 nitrogen and oxygen atoms in total. The Morgan fingerprint density at radius 1 is 1.11 bits per heavy atom. The van der Waals surface area contributed by atoms with Crippen LogP contribution < -0.4 is 5.32 Å². The van der Waals surface area contributed by atoms with Gasteiger partial charge in [-0.05, 0) is 18.3 Å². The van der Waals surface area contributed by atoms with Gasteiger partial charge < -0.3 is 10.4 Å². The van der Waals surface area contributed by atoms with Gasteiger partial charge >= 0.3 is 5.97 Å². The van der Waals surface area contributed by atoms with Crippen molar-refractivity contribution in [3.8, 4) is 0 Å². The molecule has 18 heavy (non-hydrogen) atoms. The second-order valence-electron chi connectivity index (χ2n) is 6.33. The molecule has 1 rings (SSSR count). The number of amides is 1. The number of hydrogen-bond donors (Lipinski definition) is 2. The van der Waals surface area contributed by atoms with Gasteiger partial charge in [0.1, 0.15) is 6.04 Å². The molecule has 4 heteroatoms. The first-order valence-electron chi connectivity index (χ1n) is 6.85. The van der Waals surface area contributed by atoms with E-state index < -0.39 is 17.4 Å². The molecule has 0 saturated heterocycles. The maximum atomic E-state index is 12.1. The Balaban J connectivity index is 2.63. The van der Waals surface area contributed by atoms with Crippen LogP contribution in [-0.2, 0) is 9.59 Å². The maximum absolute atomic E-state index is 12.1. The third-order valence-corrected chi connectivity index (χ3v) is 3.63. The van der Waals surface area contributed by atoms with Crippen molar-refractivity contribution in [1.82, 2.24) is 5.32 Å². The summed E-state index contributed by atoms with van der Waals surface area (Å²) in [6.07, 6.45) is 6.30. The summed E-state index contributed by atoms with van der Waals surface area (Å²) in [6, 6.07) is -0.812. The van der Waals surface area contributed by atoms with E-state index in [0.29, 0.717) is 0 Å². The van der Waals surface area contributed by atoms with Crippen LogP contribution in [0.2, 0.25) is 0 Å². The second-order valence-corrected chi connectivity index (χ2v) is 6.33. The average Bonchev–Trinajstić information content (AvgIpc) is 2.51. The number of nitrogens with one attached hydrogen (secondary N) is 1. The van der Waals surface area contributed by atoms with Crippen LogP contribution in [0.1, 0.15) is 59.3 Å². The SMILES string of the molecule is CC(C)(C)C(NC(=O)C1CCCCCC1)C(=O)O. The molecule has 1 aliphatic rings. The summed E-state index contributed by atoms with van der Waals surface area (Å²) in [5.74, 6) is -1.04. The van der Waals surface area contributed by atoms with Crippen LogP contribution in [-0.4, -0.2) is 23.0 Å². The normalized spacial score (nSPS) is 19.9. The highest BCUT2D eigenvalue weighted by Gasteiger charge is 2.34. The van der Waals surface area contributed by atoms with E-state index >= 15 is 0 Å². The molecule has 1 fully saturated rings. The van der Waals surface area contributed by atoms with Crippen LogP contribution in [0.5, 0.6) is 0 Å². The van der Waals surface area contributed by atoms with Crippen molar-refractivity contribution in [3.05, 3.63) is 0 Å². The minimum Gasteiger partial charge on any atom is -0.480 e. The number of hydrogen-bond acceptors (Lipinski definition) is 2. The van der Waals surface area contributed by atoms with E-state index in [2.05, 4.69) is 5.32 Å². The minimum absolute atomic E-state index is 0.00306. The minimum atomic E-state index is -0.954. The molecule has 1 amide bonds. The molecule has 0 heterocycles. The molecule has 0 aromatic rings. The van der Waals surface area contributed by atoms with E-state index in [4.69, 9.17) is 0 Å². The summed E-state index contributed by atoms with van der Waals surface area (Å²) in [4.78, 5) is 23.4. The smallest absolute Gasteiger partial charge is 0.326 e. The molecule has 1 unspecified atom stereocenters. The quantitative estimate of drug-likeness (QED) is 0.762. The molecule has 0 spiro atoms. The summed E-state index contributed by atoms with van der Waals surface area (Å²) in [5.41, 5.74) is -0.466. The van der Waals surface area contributed by atoms with Gasteiger partial charge in [0.15, 0.2) is 0 Å². The van der Waals surface area contributed by atoms with Gasteiger partial charge in [0.05, 0.1) is 0 Å². The van der Waals surface area contributed by atoms with E-state index in [1.54, 1.807) is 0 Å². The summed E-state index contributed by atoms with van der Waals surface area (Å²) in [5, 5.41) is 11.9. The lowest BCUT2D eigenvalue weighted by Crippen LogP contribution is -2.50. The summed E-state index contributed by atoms with van der Waals surface area (Å²) < 4.78 is 0. The second kappa shape index (κ2) is 6.21. The van der Waals surface area contributed by atoms with E-state index in [1.807, 2.05) is 20.8 Å². The van der Waals surface area contributed by atoms with Crippen LogP contribution in [0.25, 0.3) is 0 Å². The highest BCUT2D eigenvalue weighted by Crippen LogP contribution is 2.25. The van der Waals surface area contributed by atoms with Crippen molar-refractivity contribution in [2.75, 3.05) is 0 Å². The Bertz CT molecular complexity index is 299. The number of rotatable bonds is 3.